The quantitative estimate of drug-likeness (QED) is 0.387. The van der Waals surface area contributed by atoms with Gasteiger partial charge in [-0.1, -0.05) is 19.1 Å². The Balaban J connectivity index is 2.85. The van der Waals surface area contributed by atoms with E-state index in [0.717, 1.165) is 0 Å². The maximum atomic E-state index is 11.5. The summed E-state index contributed by atoms with van der Waals surface area (Å²) in [5.41, 5.74) is 3.32. The summed E-state index contributed by atoms with van der Waals surface area (Å²) >= 11 is 0. The van der Waals surface area contributed by atoms with Crippen molar-refractivity contribution in [3.63, 3.8) is 0 Å². The summed E-state index contributed by atoms with van der Waals surface area (Å²) in [5.74, 6) is 5.18. The second-order valence-electron chi connectivity index (χ2n) is 4.92. The number of nitrogens with one attached hydrogen (secondary N) is 2. The van der Waals surface area contributed by atoms with Crippen LogP contribution in [0.15, 0.2) is 18.2 Å². The van der Waals surface area contributed by atoms with Gasteiger partial charge in [-0.05, 0) is 12.6 Å². The van der Waals surface area contributed by atoms with Crippen LogP contribution in [0.3, 0.4) is 0 Å². The van der Waals surface area contributed by atoms with Crippen molar-refractivity contribution in [1.82, 2.24) is 10.2 Å². The molecule has 8 nitrogen and oxygen atoms in total. The molecule has 1 rings (SSSR count). The number of rotatable bonds is 7. The summed E-state index contributed by atoms with van der Waals surface area (Å²) < 4.78 is 0. The number of benzene rings is 1. The second-order valence-corrected chi connectivity index (χ2v) is 4.92. The van der Waals surface area contributed by atoms with Crippen LogP contribution in [-0.2, 0) is 11.3 Å². The van der Waals surface area contributed by atoms with Gasteiger partial charge in [0.25, 0.3) is 5.69 Å². The van der Waals surface area contributed by atoms with Crippen molar-refractivity contribution < 1.29 is 9.72 Å². The van der Waals surface area contributed by atoms with Gasteiger partial charge in [0, 0.05) is 32.1 Å². The molecule has 0 radical (unpaired) electrons. The van der Waals surface area contributed by atoms with Gasteiger partial charge in [0.05, 0.1) is 4.92 Å². The van der Waals surface area contributed by atoms with Crippen LogP contribution in [0.1, 0.15) is 12.5 Å². The third-order valence-electron chi connectivity index (χ3n) is 3.19. The first kappa shape index (κ1) is 16.9. The predicted molar refractivity (Wildman–Crippen MR) is 80.5 cm³/mol. The molecule has 0 spiro atoms. The van der Waals surface area contributed by atoms with E-state index in [1.165, 1.54) is 6.07 Å². The summed E-state index contributed by atoms with van der Waals surface area (Å²) in [4.78, 5) is 23.9. The van der Waals surface area contributed by atoms with Crippen molar-refractivity contribution in [2.24, 2.45) is 11.8 Å². The number of nitrogen functional groups attached to an aromatic ring is 1. The molecule has 8 heteroatoms. The molecule has 1 atom stereocenters. The number of nitrogens with zero attached hydrogens (tertiary/aromatic N) is 2. The fraction of sp³-hybridized carbons (Fsp3) is 0.462. The van der Waals surface area contributed by atoms with Gasteiger partial charge in [-0.3, -0.25) is 20.8 Å². The van der Waals surface area contributed by atoms with E-state index in [2.05, 4.69) is 10.7 Å². The third-order valence-corrected chi connectivity index (χ3v) is 3.19. The van der Waals surface area contributed by atoms with Gasteiger partial charge in [0.15, 0.2) is 0 Å². The molecule has 1 aromatic rings. The van der Waals surface area contributed by atoms with Gasteiger partial charge in [0.1, 0.15) is 5.69 Å². The molecule has 1 aromatic carbocycles. The van der Waals surface area contributed by atoms with Crippen LogP contribution in [0.2, 0.25) is 0 Å². The van der Waals surface area contributed by atoms with Crippen LogP contribution in [0, 0.1) is 16.0 Å². The number of carbonyl (C=O) groups is 1. The third kappa shape index (κ3) is 4.40. The summed E-state index contributed by atoms with van der Waals surface area (Å²) in [6, 6.07) is 4.78. The van der Waals surface area contributed by atoms with Gasteiger partial charge in [-0.2, -0.15) is 0 Å². The number of hydrogen-bond acceptors (Lipinski definition) is 6. The normalized spacial score (nSPS) is 12.0. The Morgan fingerprint density at radius 1 is 1.52 bits per heavy atom. The zero-order chi connectivity index (χ0) is 16.0. The molecule has 0 heterocycles. The Labute approximate surface area is 123 Å². The molecule has 0 fully saturated rings. The molecule has 0 saturated heterocycles. The lowest BCUT2D eigenvalue weighted by molar-refractivity contribution is -0.384. The first-order valence-corrected chi connectivity index (χ1v) is 6.53. The Morgan fingerprint density at radius 3 is 2.71 bits per heavy atom. The zero-order valence-corrected chi connectivity index (χ0v) is 12.4. The Bertz CT molecular complexity index is 521. The number of hydrazine groups is 1. The highest BCUT2D eigenvalue weighted by Crippen LogP contribution is 2.28. The minimum absolute atomic E-state index is 0.0435. The molecule has 0 saturated carbocycles. The van der Waals surface area contributed by atoms with E-state index < -0.39 is 4.92 Å². The summed E-state index contributed by atoms with van der Waals surface area (Å²) in [5, 5.41) is 13.6. The van der Waals surface area contributed by atoms with Gasteiger partial charge >= 0.3 is 0 Å². The minimum Gasteiger partial charge on any atom is -0.359 e. The van der Waals surface area contributed by atoms with Crippen molar-refractivity contribution in [3.05, 3.63) is 33.9 Å². The van der Waals surface area contributed by atoms with Crippen LogP contribution in [0.5, 0.6) is 0 Å². The first-order chi connectivity index (χ1) is 9.90. The zero-order valence-electron chi connectivity index (χ0n) is 12.4. The number of nitro groups is 1. The number of para-hydroxylation sites is 1. The van der Waals surface area contributed by atoms with Gasteiger partial charge in [-0.15, -0.1) is 0 Å². The highest BCUT2D eigenvalue weighted by molar-refractivity contribution is 5.78. The van der Waals surface area contributed by atoms with E-state index in [1.807, 2.05) is 18.9 Å². The van der Waals surface area contributed by atoms with Crippen LogP contribution in [-0.4, -0.2) is 36.4 Å². The molecule has 1 amide bonds. The summed E-state index contributed by atoms with van der Waals surface area (Å²) in [6.45, 7) is 2.81. The van der Waals surface area contributed by atoms with Crippen LogP contribution >= 0.6 is 0 Å². The maximum absolute atomic E-state index is 11.5. The number of amides is 1. The monoisotopic (exact) mass is 295 g/mol. The lowest BCUT2D eigenvalue weighted by atomic mass is 10.1. The topological polar surface area (TPSA) is 114 Å². The van der Waals surface area contributed by atoms with Crippen molar-refractivity contribution >= 4 is 17.3 Å². The van der Waals surface area contributed by atoms with E-state index >= 15 is 0 Å². The molecule has 21 heavy (non-hydrogen) atoms. The van der Waals surface area contributed by atoms with Crippen LogP contribution in [0.25, 0.3) is 0 Å². The van der Waals surface area contributed by atoms with E-state index in [9.17, 15) is 14.9 Å². The maximum Gasteiger partial charge on any atom is 0.293 e. The predicted octanol–water partition coefficient (Wildman–Crippen LogP) is 0.694. The fourth-order valence-corrected chi connectivity index (χ4v) is 2.19. The van der Waals surface area contributed by atoms with Gasteiger partial charge in [0.2, 0.25) is 5.91 Å². The van der Waals surface area contributed by atoms with Crippen LogP contribution in [0.4, 0.5) is 11.4 Å². The highest BCUT2D eigenvalue weighted by atomic mass is 16.6. The molecule has 116 valence electrons. The van der Waals surface area contributed by atoms with Crippen molar-refractivity contribution in [2.75, 3.05) is 26.1 Å². The van der Waals surface area contributed by atoms with Crippen LogP contribution < -0.4 is 16.6 Å². The average molecular weight is 295 g/mol. The SMILES string of the molecule is CNC(=O)C(C)CN(C)Cc1cccc([N+](=O)[O-])c1NN. The smallest absolute Gasteiger partial charge is 0.293 e. The van der Waals surface area contributed by atoms with Crippen molar-refractivity contribution in [2.45, 2.75) is 13.5 Å². The van der Waals surface area contributed by atoms with Gasteiger partial charge in [-0.25, -0.2) is 0 Å². The lowest BCUT2D eigenvalue weighted by Crippen LogP contribution is -2.34. The Hall–Kier alpha value is -2.19. The first-order valence-electron chi connectivity index (χ1n) is 6.53. The fourth-order valence-electron chi connectivity index (χ4n) is 2.19. The molecular weight excluding hydrogens is 274 g/mol. The second kappa shape index (κ2) is 7.55. The van der Waals surface area contributed by atoms with E-state index in [0.29, 0.717) is 24.3 Å². The average Bonchev–Trinajstić information content (AvgIpc) is 2.45. The van der Waals surface area contributed by atoms with E-state index in [1.54, 1.807) is 19.2 Å². The van der Waals surface area contributed by atoms with E-state index in [-0.39, 0.29) is 17.5 Å². The van der Waals surface area contributed by atoms with E-state index in [4.69, 9.17) is 5.84 Å². The largest absolute Gasteiger partial charge is 0.359 e. The molecule has 1 unspecified atom stereocenters. The number of anilines is 1. The molecular formula is C13H21N5O3. The molecule has 0 aromatic heterocycles. The number of nitro benzene ring substituents is 1. The molecule has 0 aliphatic heterocycles. The highest BCUT2D eigenvalue weighted by Gasteiger charge is 2.19. The van der Waals surface area contributed by atoms with Gasteiger partial charge < -0.3 is 15.6 Å². The number of hydrogen-bond donors (Lipinski definition) is 3. The molecule has 0 aliphatic carbocycles. The standard InChI is InChI=1S/C13H21N5O3/c1-9(13(19)15-2)7-17(3)8-10-5-4-6-11(18(20)21)12(10)16-14/h4-6,9,16H,7-8,14H2,1-3H3,(H,15,19). The van der Waals surface area contributed by atoms with Crippen molar-refractivity contribution in [1.29, 1.82) is 0 Å². The minimum atomic E-state index is -0.480. The molecule has 4 N–H and O–H groups in total. The summed E-state index contributed by atoms with van der Waals surface area (Å²) in [6.07, 6.45) is 0. The Kier molecular flexibility index (Phi) is 6.07. The Morgan fingerprint density at radius 2 is 2.19 bits per heavy atom. The number of carbonyl (C=O) groups excluding carboxylic acids is 1. The molecule has 0 aliphatic rings. The lowest BCUT2D eigenvalue weighted by Gasteiger charge is -2.21. The number of nitrogens with two attached hydrogens (primary N) is 1. The van der Waals surface area contributed by atoms with Crippen molar-refractivity contribution in [3.8, 4) is 0 Å². The molecule has 0 bridgehead atoms. The summed E-state index contributed by atoms with van der Waals surface area (Å²) in [7, 11) is 3.44.